The van der Waals surface area contributed by atoms with Crippen LogP contribution in [0.1, 0.15) is 32.6 Å². The van der Waals surface area contributed by atoms with Crippen LogP contribution in [0.15, 0.2) is 60.8 Å². The number of carbonyl (C=O) groups is 1. The second-order valence-electron chi connectivity index (χ2n) is 6.81. The molecule has 0 aliphatic heterocycles. The fraction of sp³-hybridized carbons (Fsp3) is 0.238. The van der Waals surface area contributed by atoms with Crippen LogP contribution in [0.4, 0.5) is 0 Å². The van der Waals surface area contributed by atoms with E-state index in [4.69, 9.17) is 16.3 Å². The van der Waals surface area contributed by atoms with Crippen LogP contribution in [0.2, 0.25) is 5.02 Å². The van der Waals surface area contributed by atoms with Gasteiger partial charge in [0.25, 0.3) is 5.91 Å². The quantitative estimate of drug-likeness (QED) is 0.644. The van der Waals surface area contributed by atoms with Crippen LogP contribution < -0.4 is 10.1 Å². The van der Waals surface area contributed by atoms with Crippen LogP contribution in [-0.4, -0.2) is 21.5 Å². The maximum absolute atomic E-state index is 12.7. The first-order valence-corrected chi connectivity index (χ1v) is 9.09. The number of imidazole rings is 1. The van der Waals surface area contributed by atoms with Gasteiger partial charge in [0.2, 0.25) is 0 Å². The van der Waals surface area contributed by atoms with E-state index in [1.807, 2.05) is 37.3 Å². The molecular weight excluding hydrogens is 362 g/mol. The summed E-state index contributed by atoms with van der Waals surface area (Å²) in [6.07, 6.45) is 1.77. The third-order valence-electron chi connectivity index (χ3n) is 4.17. The lowest BCUT2D eigenvalue weighted by Crippen LogP contribution is -2.47. The molecule has 0 saturated heterocycles. The van der Waals surface area contributed by atoms with Crippen LogP contribution in [0.3, 0.4) is 0 Å². The number of ether oxygens (including phenoxy) is 1. The number of nitrogens with zero attached hydrogens (tertiary/aromatic N) is 1. The highest BCUT2D eigenvalue weighted by Crippen LogP contribution is 2.23. The molecule has 1 aromatic heterocycles. The lowest BCUT2D eigenvalue weighted by Gasteiger charge is -2.26. The summed E-state index contributed by atoms with van der Waals surface area (Å²) in [7, 11) is 0. The predicted octanol–water partition coefficient (Wildman–Crippen LogP) is 4.76. The Bertz CT molecular complexity index is 905. The van der Waals surface area contributed by atoms with Crippen molar-refractivity contribution in [1.82, 2.24) is 15.3 Å². The molecule has 0 aliphatic rings. The van der Waals surface area contributed by atoms with E-state index in [9.17, 15) is 4.79 Å². The maximum Gasteiger partial charge on any atom is 0.264 e. The molecule has 6 heteroatoms. The van der Waals surface area contributed by atoms with E-state index < -0.39 is 5.60 Å². The molecule has 5 nitrogen and oxygen atoms in total. The molecule has 0 saturated carbocycles. The van der Waals surface area contributed by atoms with Crippen LogP contribution in [-0.2, 0) is 4.79 Å². The van der Waals surface area contributed by atoms with Crippen LogP contribution in [0, 0.1) is 0 Å². The van der Waals surface area contributed by atoms with Gasteiger partial charge in [-0.05, 0) is 50.6 Å². The first kappa shape index (κ1) is 19.0. The Hall–Kier alpha value is -2.79. The molecule has 1 unspecified atom stereocenters. The van der Waals surface area contributed by atoms with Gasteiger partial charge in [0, 0.05) is 5.02 Å². The summed E-state index contributed by atoms with van der Waals surface area (Å²) in [5.41, 5.74) is 0.904. The van der Waals surface area contributed by atoms with Gasteiger partial charge >= 0.3 is 0 Å². The third-order valence-corrected chi connectivity index (χ3v) is 4.42. The van der Waals surface area contributed by atoms with Gasteiger partial charge in [-0.3, -0.25) is 4.79 Å². The average Bonchev–Trinajstić information content (AvgIpc) is 3.14. The predicted molar refractivity (Wildman–Crippen MR) is 107 cm³/mol. The summed E-state index contributed by atoms with van der Waals surface area (Å²) in [5, 5.41) is 3.57. The molecule has 2 N–H and O–H groups in total. The van der Waals surface area contributed by atoms with Gasteiger partial charge in [-0.2, -0.15) is 0 Å². The SMILES string of the molecule is CC(NC(=O)C(C)(C)Oc1ccc(Cl)cc1)c1ncc(-c2ccccc2)[nH]1. The number of amides is 1. The number of halogens is 1. The normalized spacial score (nSPS) is 12.4. The van der Waals surface area contributed by atoms with Gasteiger partial charge in [-0.25, -0.2) is 4.98 Å². The Morgan fingerprint density at radius 2 is 1.81 bits per heavy atom. The highest BCUT2D eigenvalue weighted by atomic mass is 35.5. The number of nitrogens with one attached hydrogen (secondary N) is 2. The molecule has 0 bridgehead atoms. The molecule has 1 atom stereocenters. The Labute approximate surface area is 163 Å². The first-order valence-electron chi connectivity index (χ1n) is 8.71. The molecule has 0 aliphatic carbocycles. The van der Waals surface area contributed by atoms with Crippen molar-refractivity contribution in [2.24, 2.45) is 0 Å². The smallest absolute Gasteiger partial charge is 0.264 e. The molecule has 0 spiro atoms. The van der Waals surface area contributed by atoms with Crippen molar-refractivity contribution in [3.8, 4) is 17.0 Å². The second-order valence-corrected chi connectivity index (χ2v) is 7.25. The summed E-state index contributed by atoms with van der Waals surface area (Å²) < 4.78 is 5.83. The van der Waals surface area contributed by atoms with Crippen LogP contribution >= 0.6 is 11.6 Å². The molecule has 3 aromatic rings. The number of H-pyrrole nitrogens is 1. The molecule has 140 valence electrons. The lowest BCUT2D eigenvalue weighted by molar-refractivity contribution is -0.135. The molecule has 1 amide bonds. The van der Waals surface area contributed by atoms with Crippen molar-refractivity contribution in [2.45, 2.75) is 32.4 Å². The number of hydrogen-bond donors (Lipinski definition) is 2. The van der Waals surface area contributed by atoms with Gasteiger partial charge in [-0.1, -0.05) is 41.9 Å². The lowest BCUT2D eigenvalue weighted by atomic mass is 10.1. The zero-order valence-corrected chi connectivity index (χ0v) is 16.2. The molecule has 0 radical (unpaired) electrons. The molecule has 3 rings (SSSR count). The highest BCUT2D eigenvalue weighted by molar-refractivity contribution is 6.30. The summed E-state index contributed by atoms with van der Waals surface area (Å²) in [5.74, 6) is 1.03. The van der Waals surface area contributed by atoms with Crippen molar-refractivity contribution >= 4 is 17.5 Å². The number of hydrogen-bond acceptors (Lipinski definition) is 3. The zero-order valence-electron chi connectivity index (χ0n) is 15.5. The number of aromatic amines is 1. The fourth-order valence-corrected chi connectivity index (χ4v) is 2.73. The maximum atomic E-state index is 12.7. The van der Waals surface area contributed by atoms with Crippen molar-refractivity contribution in [3.05, 3.63) is 71.6 Å². The van der Waals surface area contributed by atoms with Gasteiger partial charge in [0.05, 0.1) is 17.9 Å². The van der Waals surface area contributed by atoms with Crippen molar-refractivity contribution in [3.63, 3.8) is 0 Å². The molecule has 1 heterocycles. The van der Waals surface area contributed by atoms with E-state index in [0.717, 1.165) is 11.3 Å². The van der Waals surface area contributed by atoms with E-state index >= 15 is 0 Å². The zero-order chi connectivity index (χ0) is 19.4. The Kier molecular flexibility index (Phi) is 5.51. The van der Waals surface area contributed by atoms with Crippen molar-refractivity contribution in [1.29, 1.82) is 0 Å². The number of benzene rings is 2. The van der Waals surface area contributed by atoms with E-state index in [0.29, 0.717) is 16.6 Å². The van der Waals surface area contributed by atoms with E-state index in [-0.39, 0.29) is 11.9 Å². The van der Waals surface area contributed by atoms with Crippen molar-refractivity contribution < 1.29 is 9.53 Å². The highest BCUT2D eigenvalue weighted by Gasteiger charge is 2.31. The molecule has 27 heavy (non-hydrogen) atoms. The summed E-state index contributed by atoms with van der Waals surface area (Å²) in [6, 6.07) is 16.5. The summed E-state index contributed by atoms with van der Waals surface area (Å²) >= 11 is 5.88. The monoisotopic (exact) mass is 383 g/mol. The summed E-state index contributed by atoms with van der Waals surface area (Å²) in [4.78, 5) is 20.3. The van der Waals surface area contributed by atoms with Crippen LogP contribution in [0.25, 0.3) is 11.3 Å². The Morgan fingerprint density at radius 3 is 2.48 bits per heavy atom. The second kappa shape index (κ2) is 7.84. The minimum absolute atomic E-state index is 0.234. The van der Waals surface area contributed by atoms with Crippen molar-refractivity contribution in [2.75, 3.05) is 0 Å². The van der Waals surface area contributed by atoms with Gasteiger partial charge in [-0.15, -0.1) is 0 Å². The minimum atomic E-state index is -1.04. The fourth-order valence-electron chi connectivity index (χ4n) is 2.60. The van der Waals surface area contributed by atoms with E-state index in [1.165, 1.54) is 0 Å². The van der Waals surface area contributed by atoms with Gasteiger partial charge in [0.15, 0.2) is 5.60 Å². The van der Waals surface area contributed by atoms with Crippen LogP contribution in [0.5, 0.6) is 5.75 Å². The Morgan fingerprint density at radius 1 is 1.15 bits per heavy atom. The van der Waals surface area contributed by atoms with E-state index in [2.05, 4.69) is 15.3 Å². The largest absolute Gasteiger partial charge is 0.478 e. The first-order chi connectivity index (χ1) is 12.8. The number of carbonyl (C=O) groups excluding carboxylic acids is 1. The standard InChI is InChI=1S/C21H22ClN3O2/c1-14(19-23-13-18(25-19)15-7-5-4-6-8-15)24-20(26)21(2,3)27-17-11-9-16(22)10-12-17/h4-14H,1-3H3,(H,23,25)(H,24,26). The number of rotatable bonds is 6. The van der Waals surface area contributed by atoms with E-state index in [1.54, 1.807) is 44.3 Å². The molecule has 0 fully saturated rings. The van der Waals surface area contributed by atoms with Gasteiger partial charge < -0.3 is 15.0 Å². The third kappa shape index (κ3) is 4.68. The molecule has 2 aromatic carbocycles. The topological polar surface area (TPSA) is 67.0 Å². The summed E-state index contributed by atoms with van der Waals surface area (Å²) in [6.45, 7) is 5.33. The Balaban J connectivity index is 1.66. The average molecular weight is 384 g/mol. The number of aromatic nitrogens is 2. The van der Waals surface area contributed by atoms with Gasteiger partial charge in [0.1, 0.15) is 11.6 Å². The molecular formula is C21H22ClN3O2. The minimum Gasteiger partial charge on any atom is -0.478 e.